The summed E-state index contributed by atoms with van der Waals surface area (Å²) in [6.07, 6.45) is 1.69. The zero-order chi connectivity index (χ0) is 19.9. The van der Waals surface area contributed by atoms with Gasteiger partial charge in [-0.1, -0.05) is 35.3 Å². The van der Waals surface area contributed by atoms with Crippen molar-refractivity contribution in [2.24, 2.45) is 5.14 Å². The first-order chi connectivity index (χ1) is 13.3. The molecule has 2 aromatic carbocycles. The lowest BCUT2D eigenvalue weighted by molar-refractivity contribution is 0.598. The first-order valence-corrected chi connectivity index (χ1v) is 11.2. The molecule has 0 aliphatic carbocycles. The second kappa shape index (κ2) is 7.35. The van der Waals surface area contributed by atoms with Crippen LogP contribution in [0.1, 0.15) is 0 Å². The molecule has 0 unspecified atom stereocenters. The fraction of sp³-hybridized carbons (Fsp3) is 0. The average molecular weight is 450 g/mol. The van der Waals surface area contributed by atoms with Gasteiger partial charge in [-0.2, -0.15) is 5.10 Å². The van der Waals surface area contributed by atoms with E-state index < -0.39 is 10.0 Å². The minimum absolute atomic E-state index is 0.0794. The Bertz CT molecular complexity index is 1280. The summed E-state index contributed by atoms with van der Waals surface area (Å²) in [6.45, 7) is 0. The van der Waals surface area contributed by atoms with Crippen molar-refractivity contribution in [3.8, 4) is 26.7 Å². The van der Waals surface area contributed by atoms with Gasteiger partial charge in [0.1, 0.15) is 0 Å². The molecule has 0 aliphatic rings. The number of aromatic nitrogens is 2. The lowest BCUT2D eigenvalue weighted by Gasteiger charge is -2.08. The Labute approximate surface area is 176 Å². The van der Waals surface area contributed by atoms with Crippen LogP contribution >= 0.6 is 34.5 Å². The molecule has 28 heavy (non-hydrogen) atoms. The Morgan fingerprint density at radius 2 is 1.75 bits per heavy atom. The summed E-state index contributed by atoms with van der Waals surface area (Å²) in [5.41, 5.74) is 2.30. The molecule has 0 saturated carbocycles. The highest BCUT2D eigenvalue weighted by molar-refractivity contribution is 7.89. The van der Waals surface area contributed by atoms with E-state index in [9.17, 15) is 8.42 Å². The number of rotatable bonds is 4. The number of halogens is 2. The molecule has 0 atom stereocenters. The second-order valence-corrected chi connectivity index (χ2v) is 9.45. The van der Waals surface area contributed by atoms with Crippen LogP contribution in [0.15, 0.2) is 71.8 Å². The Balaban J connectivity index is 1.76. The molecule has 0 aliphatic heterocycles. The fourth-order valence-electron chi connectivity index (χ4n) is 2.79. The Hall–Kier alpha value is -2.16. The molecule has 0 spiro atoms. The summed E-state index contributed by atoms with van der Waals surface area (Å²) in [5.74, 6) is 0. The largest absolute Gasteiger partial charge is 0.238 e. The first kappa shape index (κ1) is 19.2. The molecular weight excluding hydrogens is 437 g/mol. The predicted octanol–water partition coefficient (Wildman–Crippen LogP) is 5.22. The van der Waals surface area contributed by atoms with Gasteiger partial charge in [0.05, 0.1) is 32.4 Å². The fourth-order valence-corrected chi connectivity index (χ4v) is 4.72. The summed E-state index contributed by atoms with van der Waals surface area (Å²) < 4.78 is 25.0. The average Bonchev–Trinajstić information content (AvgIpc) is 3.32. The van der Waals surface area contributed by atoms with Crippen molar-refractivity contribution in [3.05, 3.63) is 76.9 Å². The second-order valence-electron chi connectivity index (χ2n) is 5.96. The predicted molar refractivity (Wildman–Crippen MR) is 114 cm³/mol. The van der Waals surface area contributed by atoms with Crippen LogP contribution in [0.4, 0.5) is 0 Å². The first-order valence-electron chi connectivity index (χ1n) is 8.06. The van der Waals surface area contributed by atoms with Crippen LogP contribution in [0.3, 0.4) is 0 Å². The Morgan fingerprint density at radius 1 is 0.964 bits per heavy atom. The van der Waals surface area contributed by atoms with Gasteiger partial charge in [-0.15, -0.1) is 11.3 Å². The smallest absolute Gasteiger partial charge is 0.231 e. The van der Waals surface area contributed by atoms with E-state index in [1.54, 1.807) is 41.2 Å². The third kappa shape index (κ3) is 3.72. The normalized spacial score (nSPS) is 11.7. The number of thiophene rings is 1. The van der Waals surface area contributed by atoms with Crippen LogP contribution in [0.5, 0.6) is 0 Å². The molecule has 0 amide bonds. The summed E-state index contributed by atoms with van der Waals surface area (Å²) >= 11 is 13.9. The number of nitrogens with two attached hydrogens (primary N) is 1. The highest BCUT2D eigenvalue weighted by Crippen LogP contribution is 2.36. The summed E-state index contributed by atoms with van der Waals surface area (Å²) in [5, 5.41) is 10.7. The van der Waals surface area contributed by atoms with E-state index in [1.165, 1.54) is 17.4 Å². The molecule has 0 saturated heterocycles. The van der Waals surface area contributed by atoms with Gasteiger partial charge in [0.15, 0.2) is 0 Å². The number of hydrogen-bond acceptors (Lipinski definition) is 4. The molecule has 9 heteroatoms. The highest BCUT2D eigenvalue weighted by Gasteiger charge is 2.15. The molecule has 2 aromatic heterocycles. The number of sulfonamides is 1. The van der Waals surface area contributed by atoms with Crippen molar-refractivity contribution >= 4 is 44.6 Å². The monoisotopic (exact) mass is 449 g/mol. The van der Waals surface area contributed by atoms with Gasteiger partial charge in [-0.05, 0) is 54.1 Å². The van der Waals surface area contributed by atoms with Crippen molar-refractivity contribution in [2.75, 3.05) is 0 Å². The molecule has 4 rings (SSSR count). The van der Waals surface area contributed by atoms with Crippen molar-refractivity contribution in [3.63, 3.8) is 0 Å². The number of benzene rings is 2. The van der Waals surface area contributed by atoms with Crippen LogP contribution in [0.25, 0.3) is 26.7 Å². The molecule has 5 nitrogen and oxygen atoms in total. The molecule has 2 heterocycles. The van der Waals surface area contributed by atoms with Gasteiger partial charge in [-0.3, -0.25) is 0 Å². The van der Waals surface area contributed by atoms with E-state index in [4.69, 9.17) is 28.3 Å². The standard InChI is InChI=1S/C19H13Cl2N3O2S2/c20-13-4-5-15(21)17(11-13)24-16(8-9-23-24)19-7-6-18(27-19)12-2-1-3-14(10-12)28(22,25)26/h1-11H,(H2,22,25,26). The summed E-state index contributed by atoms with van der Waals surface area (Å²) in [6, 6.07) is 17.5. The topological polar surface area (TPSA) is 78.0 Å². The maximum Gasteiger partial charge on any atom is 0.238 e. The number of hydrogen-bond donors (Lipinski definition) is 1. The molecule has 0 fully saturated rings. The van der Waals surface area contributed by atoms with Gasteiger partial charge in [-0.25, -0.2) is 18.2 Å². The van der Waals surface area contributed by atoms with E-state index in [1.807, 2.05) is 24.3 Å². The van der Waals surface area contributed by atoms with Crippen LogP contribution in [-0.2, 0) is 10.0 Å². The third-order valence-corrected chi connectivity index (χ3v) is 6.71. The van der Waals surface area contributed by atoms with Gasteiger partial charge in [0.2, 0.25) is 10.0 Å². The van der Waals surface area contributed by atoms with Crippen LogP contribution in [0.2, 0.25) is 10.0 Å². The van der Waals surface area contributed by atoms with E-state index >= 15 is 0 Å². The highest BCUT2D eigenvalue weighted by atomic mass is 35.5. The molecule has 2 N–H and O–H groups in total. The maximum atomic E-state index is 11.6. The van der Waals surface area contributed by atoms with E-state index in [-0.39, 0.29) is 4.90 Å². The van der Waals surface area contributed by atoms with E-state index in [0.717, 1.165) is 21.0 Å². The van der Waals surface area contributed by atoms with Crippen molar-refractivity contribution in [2.45, 2.75) is 4.90 Å². The van der Waals surface area contributed by atoms with Gasteiger partial charge in [0.25, 0.3) is 0 Å². The quantitative estimate of drug-likeness (QED) is 0.463. The van der Waals surface area contributed by atoms with E-state index in [0.29, 0.717) is 15.7 Å². The minimum atomic E-state index is -3.76. The molecule has 4 aromatic rings. The summed E-state index contributed by atoms with van der Waals surface area (Å²) in [4.78, 5) is 1.94. The third-order valence-electron chi connectivity index (χ3n) is 4.08. The van der Waals surface area contributed by atoms with Crippen molar-refractivity contribution < 1.29 is 8.42 Å². The Morgan fingerprint density at radius 3 is 2.54 bits per heavy atom. The van der Waals surface area contributed by atoms with E-state index in [2.05, 4.69) is 5.10 Å². The van der Waals surface area contributed by atoms with Crippen LogP contribution < -0.4 is 5.14 Å². The number of primary sulfonamides is 1. The molecule has 142 valence electrons. The van der Waals surface area contributed by atoms with Crippen molar-refractivity contribution in [1.29, 1.82) is 0 Å². The minimum Gasteiger partial charge on any atom is -0.231 e. The summed E-state index contributed by atoms with van der Waals surface area (Å²) in [7, 11) is -3.76. The Kier molecular flexibility index (Phi) is 5.03. The molecule has 0 bridgehead atoms. The van der Waals surface area contributed by atoms with Gasteiger partial charge < -0.3 is 0 Å². The van der Waals surface area contributed by atoms with Gasteiger partial charge >= 0.3 is 0 Å². The zero-order valence-corrected chi connectivity index (χ0v) is 17.4. The number of nitrogens with zero attached hydrogens (tertiary/aromatic N) is 2. The lowest BCUT2D eigenvalue weighted by atomic mass is 10.2. The SMILES string of the molecule is NS(=O)(=O)c1cccc(-c2ccc(-c3ccnn3-c3cc(Cl)ccc3Cl)s2)c1. The van der Waals surface area contributed by atoms with Crippen LogP contribution in [0, 0.1) is 0 Å². The lowest BCUT2D eigenvalue weighted by Crippen LogP contribution is -2.11. The molecular formula is C19H13Cl2N3O2S2. The van der Waals surface area contributed by atoms with Crippen molar-refractivity contribution in [1.82, 2.24) is 9.78 Å². The van der Waals surface area contributed by atoms with Crippen LogP contribution in [-0.4, -0.2) is 18.2 Å². The van der Waals surface area contributed by atoms with Gasteiger partial charge in [0, 0.05) is 9.90 Å². The zero-order valence-electron chi connectivity index (χ0n) is 14.2. The molecule has 0 radical (unpaired) electrons. The maximum absolute atomic E-state index is 11.6.